The summed E-state index contributed by atoms with van der Waals surface area (Å²) in [6.45, 7) is 0. The fourth-order valence-corrected chi connectivity index (χ4v) is 2.85. The molecule has 0 radical (unpaired) electrons. The smallest absolute Gasteiger partial charge is 0.223 e. The Morgan fingerprint density at radius 3 is 1.72 bits per heavy atom. The van der Waals surface area contributed by atoms with Crippen LogP contribution in [0.5, 0.6) is 0 Å². The molecule has 1 aromatic rings. The number of aromatic nitrogens is 3. The van der Waals surface area contributed by atoms with Crippen LogP contribution in [0.4, 0.5) is 5.95 Å². The molecular weight excluding hydrogens is 224 g/mol. The van der Waals surface area contributed by atoms with E-state index in [0.29, 0.717) is 17.8 Å². The van der Waals surface area contributed by atoms with Gasteiger partial charge in [-0.15, -0.1) is 0 Å². The monoisotopic (exact) mass is 246 g/mol. The van der Waals surface area contributed by atoms with Crippen LogP contribution in [0.15, 0.2) is 0 Å². The van der Waals surface area contributed by atoms with Crippen LogP contribution in [0.2, 0.25) is 0 Å². The molecule has 2 N–H and O–H groups in total. The number of hydrogen-bond acceptors (Lipinski definition) is 4. The first-order valence-corrected chi connectivity index (χ1v) is 7.34. The molecule has 0 aliphatic heterocycles. The second-order valence-electron chi connectivity index (χ2n) is 5.73. The van der Waals surface area contributed by atoms with Gasteiger partial charge in [0.2, 0.25) is 5.95 Å². The molecule has 4 heteroatoms. The minimum Gasteiger partial charge on any atom is -0.368 e. The van der Waals surface area contributed by atoms with E-state index in [-0.39, 0.29) is 0 Å². The van der Waals surface area contributed by atoms with E-state index < -0.39 is 0 Å². The minimum absolute atomic E-state index is 0.420. The third-order valence-electron chi connectivity index (χ3n) is 4.10. The first kappa shape index (κ1) is 11.9. The van der Waals surface area contributed by atoms with E-state index in [4.69, 9.17) is 5.73 Å². The molecule has 2 aliphatic carbocycles. The van der Waals surface area contributed by atoms with Gasteiger partial charge in [-0.3, -0.25) is 0 Å². The van der Waals surface area contributed by atoms with Crippen LogP contribution >= 0.6 is 0 Å². The maximum atomic E-state index is 5.84. The van der Waals surface area contributed by atoms with Gasteiger partial charge < -0.3 is 5.73 Å². The summed E-state index contributed by atoms with van der Waals surface area (Å²) in [7, 11) is 0. The minimum atomic E-state index is 0.420. The molecule has 0 amide bonds. The summed E-state index contributed by atoms with van der Waals surface area (Å²) < 4.78 is 0. The molecule has 0 atom stereocenters. The average molecular weight is 246 g/mol. The van der Waals surface area contributed by atoms with Crippen LogP contribution in [0.3, 0.4) is 0 Å². The molecule has 18 heavy (non-hydrogen) atoms. The van der Waals surface area contributed by atoms with Gasteiger partial charge in [-0.2, -0.15) is 9.97 Å². The zero-order chi connectivity index (χ0) is 12.4. The van der Waals surface area contributed by atoms with Gasteiger partial charge in [-0.25, -0.2) is 4.98 Å². The number of hydrogen-bond donors (Lipinski definition) is 1. The molecule has 98 valence electrons. The molecule has 1 heterocycles. The molecule has 0 spiro atoms. The van der Waals surface area contributed by atoms with E-state index in [2.05, 4.69) is 15.0 Å². The van der Waals surface area contributed by atoms with E-state index in [0.717, 1.165) is 11.6 Å². The van der Waals surface area contributed by atoms with Gasteiger partial charge in [0, 0.05) is 11.8 Å². The number of anilines is 1. The van der Waals surface area contributed by atoms with Crippen molar-refractivity contribution in [2.75, 3.05) is 5.73 Å². The van der Waals surface area contributed by atoms with Gasteiger partial charge >= 0.3 is 0 Å². The van der Waals surface area contributed by atoms with Crippen LogP contribution in [0.1, 0.15) is 81.3 Å². The highest BCUT2D eigenvalue weighted by atomic mass is 15.1. The number of nitrogen functional groups attached to an aromatic ring is 1. The molecular formula is C14H22N4. The Kier molecular flexibility index (Phi) is 3.43. The lowest BCUT2D eigenvalue weighted by molar-refractivity contribution is 0.440. The van der Waals surface area contributed by atoms with Crippen molar-refractivity contribution in [3.8, 4) is 0 Å². The van der Waals surface area contributed by atoms with Gasteiger partial charge in [0.05, 0.1) is 0 Å². The lowest BCUT2D eigenvalue weighted by atomic mass is 9.90. The Balaban J connectivity index is 1.80. The van der Waals surface area contributed by atoms with Crippen molar-refractivity contribution < 1.29 is 0 Å². The predicted molar refractivity (Wildman–Crippen MR) is 71.3 cm³/mol. The fourth-order valence-electron chi connectivity index (χ4n) is 2.85. The van der Waals surface area contributed by atoms with Crippen molar-refractivity contribution >= 4 is 5.95 Å². The quantitative estimate of drug-likeness (QED) is 0.870. The van der Waals surface area contributed by atoms with Crippen molar-refractivity contribution in [2.24, 2.45) is 0 Å². The van der Waals surface area contributed by atoms with E-state index in [1.807, 2.05) is 0 Å². The predicted octanol–water partition coefficient (Wildman–Crippen LogP) is 3.16. The van der Waals surface area contributed by atoms with Crippen LogP contribution in [-0.2, 0) is 0 Å². The van der Waals surface area contributed by atoms with Crippen LogP contribution in [-0.4, -0.2) is 15.0 Å². The Morgan fingerprint density at radius 2 is 1.17 bits per heavy atom. The van der Waals surface area contributed by atoms with Gasteiger partial charge in [0.25, 0.3) is 0 Å². The van der Waals surface area contributed by atoms with E-state index in [1.54, 1.807) is 0 Å². The van der Waals surface area contributed by atoms with Gasteiger partial charge in [0.1, 0.15) is 11.6 Å². The Morgan fingerprint density at radius 1 is 0.667 bits per heavy atom. The van der Waals surface area contributed by atoms with Crippen LogP contribution in [0, 0.1) is 0 Å². The molecule has 0 aromatic carbocycles. The van der Waals surface area contributed by atoms with Crippen molar-refractivity contribution in [1.29, 1.82) is 0 Å². The molecule has 3 rings (SSSR count). The standard InChI is InChI=1S/C14H22N4/c15-14-17-12(16-13(18-14)11-8-9-11)10-6-4-2-1-3-5-7-10/h10-11H,1-9H2,(H2,15,16,17,18). The third-order valence-corrected chi connectivity index (χ3v) is 4.10. The molecule has 4 nitrogen and oxygen atoms in total. The SMILES string of the molecule is Nc1nc(C2CCCCCCC2)nc(C2CC2)n1. The van der Waals surface area contributed by atoms with Crippen molar-refractivity contribution in [2.45, 2.75) is 69.6 Å². The molecule has 2 saturated carbocycles. The van der Waals surface area contributed by atoms with Crippen molar-refractivity contribution in [1.82, 2.24) is 15.0 Å². The summed E-state index contributed by atoms with van der Waals surface area (Å²) in [5, 5.41) is 0. The van der Waals surface area contributed by atoms with Gasteiger partial charge in [-0.1, -0.05) is 32.1 Å². The van der Waals surface area contributed by atoms with Crippen molar-refractivity contribution in [3.63, 3.8) is 0 Å². The molecule has 2 fully saturated rings. The normalized spacial score (nSPS) is 22.4. The average Bonchev–Trinajstić information content (AvgIpc) is 3.11. The lowest BCUT2D eigenvalue weighted by Gasteiger charge is -2.18. The number of rotatable bonds is 2. The summed E-state index contributed by atoms with van der Waals surface area (Å²) in [4.78, 5) is 13.4. The van der Waals surface area contributed by atoms with Crippen LogP contribution < -0.4 is 5.73 Å². The Bertz CT molecular complexity index is 406. The number of nitrogens with two attached hydrogens (primary N) is 1. The molecule has 2 aliphatic rings. The topological polar surface area (TPSA) is 64.7 Å². The highest BCUT2D eigenvalue weighted by Crippen LogP contribution is 2.39. The van der Waals surface area contributed by atoms with Gasteiger partial charge in [-0.05, 0) is 25.7 Å². The second kappa shape index (κ2) is 5.21. The summed E-state index contributed by atoms with van der Waals surface area (Å²) in [6, 6.07) is 0. The first-order chi connectivity index (χ1) is 8.83. The fraction of sp³-hybridized carbons (Fsp3) is 0.786. The molecule has 0 unspecified atom stereocenters. The summed E-state index contributed by atoms with van der Waals surface area (Å²) in [5.41, 5.74) is 5.84. The maximum absolute atomic E-state index is 5.84. The van der Waals surface area contributed by atoms with E-state index >= 15 is 0 Å². The lowest BCUT2D eigenvalue weighted by Crippen LogP contribution is -2.12. The van der Waals surface area contributed by atoms with Crippen molar-refractivity contribution in [3.05, 3.63) is 11.6 Å². The van der Waals surface area contributed by atoms with E-state index in [9.17, 15) is 0 Å². The zero-order valence-electron chi connectivity index (χ0n) is 10.9. The third kappa shape index (κ3) is 2.79. The Hall–Kier alpha value is -1.19. The van der Waals surface area contributed by atoms with Gasteiger partial charge in [0.15, 0.2) is 0 Å². The Labute approximate surface area is 108 Å². The summed E-state index contributed by atoms with van der Waals surface area (Å²) in [5.74, 6) is 3.39. The summed E-state index contributed by atoms with van der Waals surface area (Å²) >= 11 is 0. The zero-order valence-corrected chi connectivity index (χ0v) is 10.9. The number of nitrogens with zero attached hydrogens (tertiary/aromatic N) is 3. The van der Waals surface area contributed by atoms with E-state index in [1.165, 1.54) is 57.8 Å². The molecule has 0 saturated heterocycles. The largest absolute Gasteiger partial charge is 0.368 e. The van der Waals surface area contributed by atoms with Crippen LogP contribution in [0.25, 0.3) is 0 Å². The highest BCUT2D eigenvalue weighted by Gasteiger charge is 2.28. The molecule has 1 aromatic heterocycles. The maximum Gasteiger partial charge on any atom is 0.223 e. The highest BCUT2D eigenvalue weighted by molar-refractivity contribution is 5.20. The second-order valence-corrected chi connectivity index (χ2v) is 5.73. The molecule has 0 bridgehead atoms. The first-order valence-electron chi connectivity index (χ1n) is 7.34. The summed E-state index contributed by atoms with van der Waals surface area (Å²) in [6.07, 6.45) is 11.6.